The number of nitrogens with zero attached hydrogens (tertiary/aromatic N) is 3. The van der Waals surface area contributed by atoms with E-state index < -0.39 is 0 Å². The minimum Gasteiger partial charge on any atom is -0.295 e. The van der Waals surface area contributed by atoms with Crippen molar-refractivity contribution in [3.8, 4) is 0 Å². The molecule has 0 saturated carbocycles. The van der Waals surface area contributed by atoms with Crippen molar-refractivity contribution in [3.63, 3.8) is 0 Å². The molecule has 0 aliphatic heterocycles. The van der Waals surface area contributed by atoms with Crippen LogP contribution in [0.1, 0.15) is 33.9 Å². The molecule has 0 aliphatic carbocycles. The van der Waals surface area contributed by atoms with Gasteiger partial charge < -0.3 is 0 Å². The fourth-order valence-electron chi connectivity index (χ4n) is 1.41. The number of aromatic amines is 1. The predicted octanol–water partition coefficient (Wildman–Crippen LogP) is 1.69. The van der Waals surface area contributed by atoms with Crippen molar-refractivity contribution in [1.29, 1.82) is 0 Å². The van der Waals surface area contributed by atoms with Crippen molar-refractivity contribution in [3.05, 3.63) is 22.2 Å². The molecule has 7 heteroatoms. The number of rotatable bonds is 3. The summed E-state index contributed by atoms with van der Waals surface area (Å²) in [5, 5.41) is 9.69. The third-order valence-electron chi connectivity index (χ3n) is 2.25. The minimum atomic E-state index is -0.342. The topological polar surface area (TPSA) is 83.6 Å². The van der Waals surface area contributed by atoms with Crippen LogP contribution in [0, 0.1) is 13.8 Å². The Morgan fingerprint density at radius 2 is 2.18 bits per heavy atom. The van der Waals surface area contributed by atoms with Gasteiger partial charge in [0, 0.05) is 4.88 Å². The number of nitrogens with one attached hydrogen (secondary N) is 2. The highest BCUT2D eigenvalue weighted by molar-refractivity contribution is 7.15. The van der Waals surface area contributed by atoms with E-state index in [1.807, 2.05) is 13.8 Å². The molecule has 1 amide bonds. The van der Waals surface area contributed by atoms with E-state index in [-0.39, 0.29) is 11.7 Å². The van der Waals surface area contributed by atoms with Crippen LogP contribution in [0.2, 0.25) is 0 Å². The molecule has 0 aromatic carbocycles. The first-order chi connectivity index (χ1) is 8.10. The highest BCUT2D eigenvalue weighted by Gasteiger charge is 2.14. The lowest BCUT2D eigenvalue weighted by molar-refractivity contribution is 0.101. The largest absolute Gasteiger partial charge is 0.297 e. The number of aromatic nitrogens is 4. The van der Waals surface area contributed by atoms with Crippen LogP contribution in [0.4, 0.5) is 5.13 Å². The smallest absolute Gasteiger partial charge is 0.295 e. The lowest BCUT2D eigenvalue weighted by Crippen LogP contribution is -2.13. The quantitative estimate of drug-likeness (QED) is 0.869. The van der Waals surface area contributed by atoms with Crippen molar-refractivity contribution in [1.82, 2.24) is 20.2 Å². The molecule has 6 nitrogen and oxygen atoms in total. The fraction of sp³-hybridized carbons (Fsp3) is 0.400. The van der Waals surface area contributed by atoms with Gasteiger partial charge in [-0.15, -0.1) is 16.4 Å². The van der Waals surface area contributed by atoms with Gasteiger partial charge in [-0.2, -0.15) is 0 Å². The summed E-state index contributed by atoms with van der Waals surface area (Å²) in [4.78, 5) is 21.1. The lowest BCUT2D eigenvalue weighted by Gasteiger charge is -1.95. The van der Waals surface area contributed by atoms with Gasteiger partial charge in [-0.05, 0) is 20.3 Å². The van der Waals surface area contributed by atoms with E-state index in [2.05, 4.69) is 25.5 Å². The zero-order valence-electron chi connectivity index (χ0n) is 9.87. The Hall–Kier alpha value is -1.76. The minimum absolute atomic E-state index is 0.133. The number of hydrogen-bond donors (Lipinski definition) is 2. The number of carbonyl (C=O) groups is 1. The zero-order chi connectivity index (χ0) is 12.4. The molecule has 0 saturated heterocycles. The van der Waals surface area contributed by atoms with Crippen molar-refractivity contribution in [2.24, 2.45) is 0 Å². The van der Waals surface area contributed by atoms with E-state index in [9.17, 15) is 4.79 Å². The van der Waals surface area contributed by atoms with E-state index in [0.29, 0.717) is 11.0 Å². The van der Waals surface area contributed by atoms with Crippen LogP contribution in [0.5, 0.6) is 0 Å². The Kier molecular flexibility index (Phi) is 3.19. The third-order valence-corrected chi connectivity index (χ3v) is 3.18. The van der Waals surface area contributed by atoms with Gasteiger partial charge >= 0.3 is 0 Å². The molecule has 2 heterocycles. The molecule has 0 radical (unpaired) electrons. The number of H-pyrrole nitrogens is 1. The molecule has 17 heavy (non-hydrogen) atoms. The van der Waals surface area contributed by atoms with E-state index in [1.54, 1.807) is 6.92 Å². The fourth-order valence-corrected chi connectivity index (χ4v) is 2.30. The van der Waals surface area contributed by atoms with Crippen LogP contribution < -0.4 is 5.32 Å². The Morgan fingerprint density at radius 1 is 1.41 bits per heavy atom. The first kappa shape index (κ1) is 11.7. The number of amides is 1. The van der Waals surface area contributed by atoms with Gasteiger partial charge in [0.1, 0.15) is 5.82 Å². The van der Waals surface area contributed by atoms with Crippen LogP contribution in [0.25, 0.3) is 0 Å². The molecule has 2 N–H and O–H groups in total. The Labute approximate surface area is 103 Å². The van der Waals surface area contributed by atoms with Gasteiger partial charge in [-0.3, -0.25) is 15.2 Å². The predicted molar refractivity (Wildman–Crippen MR) is 65.3 cm³/mol. The summed E-state index contributed by atoms with van der Waals surface area (Å²) >= 11 is 1.46. The average Bonchev–Trinajstić information content (AvgIpc) is 2.85. The van der Waals surface area contributed by atoms with Gasteiger partial charge in [-0.1, -0.05) is 6.92 Å². The van der Waals surface area contributed by atoms with Crippen molar-refractivity contribution < 1.29 is 4.79 Å². The Balaban J connectivity index is 2.12. The van der Waals surface area contributed by atoms with Crippen LogP contribution in [0.3, 0.4) is 0 Å². The molecule has 2 aromatic rings. The maximum Gasteiger partial charge on any atom is 0.297 e. The highest BCUT2D eigenvalue weighted by atomic mass is 32.1. The molecule has 0 fully saturated rings. The monoisotopic (exact) mass is 251 g/mol. The van der Waals surface area contributed by atoms with E-state index in [1.165, 1.54) is 11.3 Å². The molecule has 0 spiro atoms. The second-order valence-corrected chi connectivity index (χ2v) is 4.78. The summed E-state index contributed by atoms with van der Waals surface area (Å²) < 4.78 is 0. The number of hydrogen-bond acceptors (Lipinski definition) is 5. The van der Waals surface area contributed by atoms with Crippen LogP contribution >= 0.6 is 11.3 Å². The summed E-state index contributed by atoms with van der Waals surface area (Å²) in [5.41, 5.74) is 1.01. The molecule has 2 rings (SSSR count). The van der Waals surface area contributed by atoms with Gasteiger partial charge in [0.25, 0.3) is 5.91 Å². The first-order valence-corrected chi connectivity index (χ1v) is 6.08. The van der Waals surface area contributed by atoms with Crippen molar-refractivity contribution >= 4 is 22.4 Å². The second-order valence-electron chi connectivity index (χ2n) is 3.57. The van der Waals surface area contributed by atoms with E-state index in [0.717, 1.165) is 17.0 Å². The van der Waals surface area contributed by atoms with E-state index in [4.69, 9.17) is 0 Å². The van der Waals surface area contributed by atoms with Gasteiger partial charge in [0.05, 0.1) is 5.69 Å². The van der Waals surface area contributed by atoms with Gasteiger partial charge in [-0.25, -0.2) is 9.97 Å². The van der Waals surface area contributed by atoms with Crippen molar-refractivity contribution in [2.45, 2.75) is 27.2 Å². The molecular weight excluding hydrogens is 238 g/mol. The molecule has 0 unspecified atom stereocenters. The van der Waals surface area contributed by atoms with Crippen LogP contribution in [-0.2, 0) is 6.42 Å². The number of anilines is 1. The summed E-state index contributed by atoms with van der Waals surface area (Å²) in [6, 6.07) is 0. The van der Waals surface area contributed by atoms with Crippen LogP contribution in [0.15, 0.2) is 0 Å². The maximum absolute atomic E-state index is 11.7. The standard InChI is InChI=1S/C10H13N5OS/c1-4-7-5(2)17-10(12-7)13-9(16)8-11-6(3)14-15-8/h4H2,1-3H3,(H,11,14,15)(H,12,13,16). The summed E-state index contributed by atoms with van der Waals surface area (Å²) in [5.74, 6) is 0.402. The SMILES string of the molecule is CCc1nc(NC(=O)c2n[nH]c(C)n2)sc1C. The summed E-state index contributed by atoms with van der Waals surface area (Å²) in [6.07, 6.45) is 0.859. The summed E-state index contributed by atoms with van der Waals surface area (Å²) in [7, 11) is 0. The van der Waals surface area contributed by atoms with Gasteiger partial charge in [0.15, 0.2) is 5.13 Å². The Morgan fingerprint density at radius 3 is 2.71 bits per heavy atom. The highest BCUT2D eigenvalue weighted by Crippen LogP contribution is 2.22. The van der Waals surface area contributed by atoms with E-state index >= 15 is 0 Å². The maximum atomic E-state index is 11.7. The normalized spacial score (nSPS) is 10.5. The van der Waals surface area contributed by atoms with Gasteiger partial charge in [0.2, 0.25) is 5.82 Å². The number of carbonyl (C=O) groups excluding carboxylic acids is 1. The number of thiazole rings is 1. The molecule has 0 bridgehead atoms. The van der Waals surface area contributed by atoms with Crippen molar-refractivity contribution in [2.75, 3.05) is 5.32 Å². The molecule has 2 aromatic heterocycles. The molecule has 90 valence electrons. The first-order valence-electron chi connectivity index (χ1n) is 5.26. The number of aryl methyl sites for hydroxylation is 3. The van der Waals surface area contributed by atoms with Crippen LogP contribution in [-0.4, -0.2) is 26.1 Å². The second kappa shape index (κ2) is 4.62. The summed E-state index contributed by atoms with van der Waals surface area (Å²) in [6.45, 7) is 5.77. The molecule has 0 atom stereocenters. The Bertz CT molecular complexity index is 545. The average molecular weight is 251 g/mol. The third kappa shape index (κ3) is 2.50. The molecular formula is C10H13N5OS. The molecule has 0 aliphatic rings. The zero-order valence-corrected chi connectivity index (χ0v) is 10.7. The lowest BCUT2D eigenvalue weighted by atomic mass is 10.3.